The summed E-state index contributed by atoms with van der Waals surface area (Å²) in [4.78, 5) is 14.2. The molecular weight excluding hydrogens is 332 g/mol. The Hall–Kier alpha value is -1.80. The lowest BCUT2D eigenvalue weighted by Gasteiger charge is -2.25. The molecule has 0 saturated carbocycles. The number of hydrogen-bond acceptors (Lipinski definition) is 6. The standard InChI is InChI=1S/C16H24N2O5S/c1-4-18(13-7-8-24(20,21)11-13)10-16(19)17-12-5-6-14(22-2)15(9-12)23-3/h5-6,9,13H,4,7-8,10-11H2,1-3H3,(H,17,19). The minimum Gasteiger partial charge on any atom is -0.493 e. The summed E-state index contributed by atoms with van der Waals surface area (Å²) >= 11 is 0. The molecule has 1 aliphatic heterocycles. The van der Waals surface area contributed by atoms with Crippen LogP contribution in [0.1, 0.15) is 13.3 Å². The molecule has 1 aliphatic rings. The van der Waals surface area contributed by atoms with Gasteiger partial charge >= 0.3 is 0 Å². The monoisotopic (exact) mass is 356 g/mol. The van der Waals surface area contributed by atoms with Crippen molar-refractivity contribution in [2.45, 2.75) is 19.4 Å². The molecule has 134 valence electrons. The topological polar surface area (TPSA) is 84.9 Å². The quantitative estimate of drug-likeness (QED) is 0.789. The maximum Gasteiger partial charge on any atom is 0.238 e. The van der Waals surface area contributed by atoms with Crippen molar-refractivity contribution in [1.29, 1.82) is 0 Å². The van der Waals surface area contributed by atoms with Crippen molar-refractivity contribution in [3.05, 3.63) is 18.2 Å². The van der Waals surface area contributed by atoms with E-state index in [-0.39, 0.29) is 30.0 Å². The van der Waals surface area contributed by atoms with Gasteiger partial charge in [-0.15, -0.1) is 0 Å². The van der Waals surface area contributed by atoms with Gasteiger partial charge in [0.2, 0.25) is 5.91 Å². The first-order valence-corrected chi connectivity index (χ1v) is 9.67. The van der Waals surface area contributed by atoms with Crippen LogP contribution in [0.25, 0.3) is 0 Å². The molecule has 8 heteroatoms. The van der Waals surface area contributed by atoms with Gasteiger partial charge in [-0.2, -0.15) is 0 Å². The number of amides is 1. The first kappa shape index (κ1) is 18.5. The lowest BCUT2D eigenvalue weighted by atomic mass is 10.2. The zero-order valence-corrected chi connectivity index (χ0v) is 15.1. The van der Waals surface area contributed by atoms with Gasteiger partial charge in [0.05, 0.1) is 32.3 Å². The van der Waals surface area contributed by atoms with Crippen LogP contribution in [0.15, 0.2) is 18.2 Å². The lowest BCUT2D eigenvalue weighted by Crippen LogP contribution is -2.41. The highest BCUT2D eigenvalue weighted by atomic mass is 32.2. The van der Waals surface area contributed by atoms with Crippen LogP contribution >= 0.6 is 0 Å². The van der Waals surface area contributed by atoms with E-state index in [4.69, 9.17) is 9.47 Å². The number of benzene rings is 1. The summed E-state index contributed by atoms with van der Waals surface area (Å²) in [6.07, 6.45) is 0.583. The Kier molecular flexibility index (Phi) is 6.06. The zero-order chi connectivity index (χ0) is 17.7. The number of carbonyl (C=O) groups is 1. The molecule has 1 amide bonds. The molecule has 1 saturated heterocycles. The number of anilines is 1. The molecule has 0 aliphatic carbocycles. The minimum absolute atomic E-state index is 0.0869. The summed E-state index contributed by atoms with van der Waals surface area (Å²) in [6, 6.07) is 5.05. The van der Waals surface area contributed by atoms with Crippen LogP contribution in [0.5, 0.6) is 11.5 Å². The molecule has 1 unspecified atom stereocenters. The SMILES string of the molecule is CCN(CC(=O)Nc1ccc(OC)c(OC)c1)C1CCS(=O)(=O)C1. The van der Waals surface area contributed by atoms with Gasteiger partial charge in [-0.3, -0.25) is 9.69 Å². The number of nitrogens with one attached hydrogen (secondary N) is 1. The van der Waals surface area contributed by atoms with Gasteiger partial charge < -0.3 is 14.8 Å². The molecule has 0 bridgehead atoms. The Bertz CT molecular complexity index is 690. The minimum atomic E-state index is -2.97. The number of hydrogen-bond donors (Lipinski definition) is 1. The maximum absolute atomic E-state index is 12.3. The van der Waals surface area contributed by atoms with Crippen molar-refractivity contribution in [3.63, 3.8) is 0 Å². The van der Waals surface area contributed by atoms with Crippen molar-refractivity contribution < 1.29 is 22.7 Å². The van der Waals surface area contributed by atoms with E-state index in [0.29, 0.717) is 30.2 Å². The van der Waals surface area contributed by atoms with Gasteiger partial charge in [-0.1, -0.05) is 6.92 Å². The fraction of sp³-hybridized carbons (Fsp3) is 0.562. The maximum atomic E-state index is 12.3. The predicted molar refractivity (Wildman–Crippen MR) is 92.5 cm³/mol. The van der Waals surface area contributed by atoms with Crippen LogP contribution in [0, 0.1) is 0 Å². The molecule has 1 atom stereocenters. The molecule has 1 aromatic rings. The highest BCUT2D eigenvalue weighted by Crippen LogP contribution is 2.29. The summed E-state index contributed by atoms with van der Waals surface area (Å²) in [5.74, 6) is 1.26. The highest BCUT2D eigenvalue weighted by molar-refractivity contribution is 7.91. The molecule has 2 rings (SSSR count). The van der Waals surface area contributed by atoms with Gasteiger partial charge in [-0.05, 0) is 25.1 Å². The average Bonchev–Trinajstić information content (AvgIpc) is 2.92. The second-order valence-corrected chi connectivity index (χ2v) is 7.97. The van der Waals surface area contributed by atoms with Gasteiger partial charge in [0.25, 0.3) is 0 Å². The third-order valence-electron chi connectivity index (χ3n) is 4.14. The Balaban J connectivity index is 1.99. The van der Waals surface area contributed by atoms with E-state index in [9.17, 15) is 13.2 Å². The molecule has 0 aromatic heterocycles. The smallest absolute Gasteiger partial charge is 0.238 e. The summed E-state index contributed by atoms with van der Waals surface area (Å²) in [5, 5.41) is 2.81. The van der Waals surface area contributed by atoms with Gasteiger partial charge in [0, 0.05) is 17.8 Å². The third kappa shape index (κ3) is 4.61. The van der Waals surface area contributed by atoms with Crippen LogP contribution in [-0.2, 0) is 14.6 Å². The fourth-order valence-electron chi connectivity index (χ4n) is 2.86. The Labute approximate surface area is 142 Å². The third-order valence-corrected chi connectivity index (χ3v) is 5.90. The van der Waals surface area contributed by atoms with Crippen molar-refractivity contribution in [2.24, 2.45) is 0 Å². The van der Waals surface area contributed by atoms with E-state index in [1.54, 1.807) is 25.3 Å². The van der Waals surface area contributed by atoms with Gasteiger partial charge in [0.15, 0.2) is 21.3 Å². The second kappa shape index (κ2) is 7.85. The number of sulfone groups is 1. The normalized spacial score (nSPS) is 19.2. The van der Waals surface area contributed by atoms with Gasteiger partial charge in [0.1, 0.15) is 0 Å². The Morgan fingerprint density at radius 3 is 2.54 bits per heavy atom. The van der Waals surface area contributed by atoms with E-state index < -0.39 is 9.84 Å². The number of rotatable bonds is 7. The summed E-state index contributed by atoms with van der Waals surface area (Å²) in [6.45, 7) is 2.71. The second-order valence-electron chi connectivity index (χ2n) is 5.74. The first-order chi connectivity index (χ1) is 11.4. The van der Waals surface area contributed by atoms with Gasteiger partial charge in [-0.25, -0.2) is 8.42 Å². The number of likely N-dealkylation sites (N-methyl/N-ethyl adjacent to an activating group) is 1. The number of carbonyl (C=O) groups excluding carboxylic acids is 1. The van der Waals surface area contributed by atoms with E-state index in [1.807, 2.05) is 11.8 Å². The summed E-state index contributed by atoms with van der Waals surface area (Å²) in [5.41, 5.74) is 0.604. The van der Waals surface area contributed by atoms with E-state index in [1.165, 1.54) is 7.11 Å². The number of methoxy groups -OCH3 is 2. The molecule has 1 aromatic carbocycles. The largest absolute Gasteiger partial charge is 0.493 e. The fourth-order valence-corrected chi connectivity index (χ4v) is 4.62. The van der Waals surface area contributed by atoms with Crippen molar-refractivity contribution in [3.8, 4) is 11.5 Å². The highest BCUT2D eigenvalue weighted by Gasteiger charge is 2.32. The molecule has 7 nitrogen and oxygen atoms in total. The molecule has 24 heavy (non-hydrogen) atoms. The Morgan fingerprint density at radius 1 is 1.29 bits per heavy atom. The molecule has 0 radical (unpaired) electrons. The summed E-state index contributed by atoms with van der Waals surface area (Å²) in [7, 11) is 0.111. The Morgan fingerprint density at radius 2 is 2.00 bits per heavy atom. The van der Waals surface area contributed by atoms with E-state index >= 15 is 0 Å². The molecule has 1 N–H and O–H groups in total. The first-order valence-electron chi connectivity index (χ1n) is 7.85. The van der Waals surface area contributed by atoms with Crippen LogP contribution in [-0.4, -0.2) is 64.1 Å². The van der Waals surface area contributed by atoms with Crippen molar-refractivity contribution in [1.82, 2.24) is 4.90 Å². The molecule has 0 spiro atoms. The van der Waals surface area contributed by atoms with Crippen LogP contribution in [0.4, 0.5) is 5.69 Å². The lowest BCUT2D eigenvalue weighted by molar-refractivity contribution is -0.117. The molecular formula is C16H24N2O5S. The molecule has 1 fully saturated rings. The van der Waals surface area contributed by atoms with Crippen molar-refractivity contribution >= 4 is 21.4 Å². The van der Waals surface area contributed by atoms with Crippen LogP contribution < -0.4 is 14.8 Å². The van der Waals surface area contributed by atoms with E-state index in [0.717, 1.165) is 0 Å². The van der Waals surface area contributed by atoms with E-state index in [2.05, 4.69) is 5.32 Å². The molecule has 1 heterocycles. The summed E-state index contributed by atoms with van der Waals surface area (Å²) < 4.78 is 33.6. The average molecular weight is 356 g/mol. The van der Waals surface area contributed by atoms with Crippen LogP contribution in [0.3, 0.4) is 0 Å². The predicted octanol–water partition coefficient (Wildman–Crippen LogP) is 1.15. The van der Waals surface area contributed by atoms with Crippen LogP contribution in [0.2, 0.25) is 0 Å². The van der Waals surface area contributed by atoms with Crippen molar-refractivity contribution in [2.75, 3.05) is 44.1 Å². The number of ether oxygens (including phenoxy) is 2. The number of nitrogens with zero attached hydrogens (tertiary/aromatic N) is 1. The zero-order valence-electron chi connectivity index (χ0n) is 14.2.